The fourth-order valence-electron chi connectivity index (χ4n) is 3.47. The van der Waals surface area contributed by atoms with Crippen LogP contribution in [0.1, 0.15) is 15.9 Å². The van der Waals surface area contributed by atoms with Crippen LogP contribution >= 0.6 is 15.9 Å². The largest absolute Gasteiger partial charge is 0.379 e. The number of ether oxygens (including phenoxy) is 1. The second-order valence-corrected chi connectivity index (χ2v) is 9.26. The number of hydrogen-bond donors (Lipinski definition) is 0. The van der Waals surface area contributed by atoms with Gasteiger partial charge in [0.1, 0.15) is 0 Å². The standard InChI is InChI=1S/C19H19BrN2O4S/c20-16-6-5-15(13-18(16)27(24,25)21-9-11-26-12-10-21)19(23)22-8-7-14-3-1-2-4-17(14)22/h1-6,13H,7-12H2. The van der Waals surface area contributed by atoms with Crippen molar-refractivity contribution in [3.63, 3.8) is 0 Å². The summed E-state index contributed by atoms with van der Waals surface area (Å²) in [6.07, 6.45) is 0.803. The van der Waals surface area contributed by atoms with Crippen molar-refractivity contribution in [1.82, 2.24) is 4.31 Å². The van der Waals surface area contributed by atoms with E-state index in [-0.39, 0.29) is 10.8 Å². The highest BCUT2D eigenvalue weighted by molar-refractivity contribution is 9.10. The summed E-state index contributed by atoms with van der Waals surface area (Å²) in [5, 5.41) is 0. The molecule has 0 N–H and O–H groups in total. The topological polar surface area (TPSA) is 66.9 Å². The Morgan fingerprint density at radius 2 is 1.78 bits per heavy atom. The molecule has 0 aliphatic carbocycles. The number of benzene rings is 2. The summed E-state index contributed by atoms with van der Waals surface area (Å²) < 4.78 is 33.1. The van der Waals surface area contributed by atoms with E-state index in [4.69, 9.17) is 4.74 Å². The van der Waals surface area contributed by atoms with Crippen LogP contribution in [0.15, 0.2) is 51.8 Å². The number of halogens is 1. The van der Waals surface area contributed by atoms with E-state index in [0.29, 0.717) is 42.9 Å². The molecule has 2 aliphatic heterocycles. The molecule has 2 aromatic carbocycles. The van der Waals surface area contributed by atoms with Gasteiger partial charge in [0.2, 0.25) is 10.0 Å². The summed E-state index contributed by atoms with van der Waals surface area (Å²) in [4.78, 5) is 14.9. The van der Waals surface area contributed by atoms with Crippen LogP contribution in [0, 0.1) is 0 Å². The number of carbonyl (C=O) groups is 1. The first-order valence-electron chi connectivity index (χ1n) is 8.76. The maximum absolute atomic E-state index is 13.1. The fourth-order valence-corrected chi connectivity index (χ4v) is 5.82. The highest BCUT2D eigenvalue weighted by Gasteiger charge is 2.30. The number of sulfonamides is 1. The van der Waals surface area contributed by atoms with Crippen molar-refractivity contribution < 1.29 is 17.9 Å². The lowest BCUT2D eigenvalue weighted by Gasteiger charge is -2.26. The number of nitrogens with zero attached hydrogens (tertiary/aromatic N) is 2. The number of amides is 1. The number of fused-ring (bicyclic) bond motifs is 1. The van der Waals surface area contributed by atoms with Crippen molar-refractivity contribution in [1.29, 1.82) is 0 Å². The first-order chi connectivity index (χ1) is 13.0. The third kappa shape index (κ3) is 3.42. The summed E-state index contributed by atoms with van der Waals surface area (Å²) in [7, 11) is -3.70. The fraction of sp³-hybridized carbons (Fsp3) is 0.316. The normalized spacial score (nSPS) is 17.7. The van der Waals surface area contributed by atoms with Crippen molar-refractivity contribution in [3.05, 3.63) is 58.1 Å². The number of anilines is 1. The predicted molar refractivity (Wildman–Crippen MR) is 106 cm³/mol. The lowest BCUT2D eigenvalue weighted by atomic mass is 10.1. The molecule has 0 aromatic heterocycles. The van der Waals surface area contributed by atoms with Gasteiger partial charge in [0.05, 0.1) is 18.1 Å². The monoisotopic (exact) mass is 450 g/mol. The Bertz CT molecular complexity index is 987. The highest BCUT2D eigenvalue weighted by Crippen LogP contribution is 2.31. The van der Waals surface area contributed by atoms with Crippen LogP contribution in [-0.2, 0) is 21.2 Å². The van der Waals surface area contributed by atoms with Gasteiger partial charge in [-0.2, -0.15) is 4.31 Å². The summed E-state index contributed by atoms with van der Waals surface area (Å²) in [5.74, 6) is -0.189. The van der Waals surface area contributed by atoms with Gasteiger partial charge in [-0.05, 0) is 52.2 Å². The molecule has 2 aromatic rings. The third-order valence-corrected chi connectivity index (χ3v) is 7.79. The molecule has 1 fully saturated rings. The molecular formula is C19H19BrN2O4S. The SMILES string of the molecule is O=C(c1ccc(Br)c(S(=O)(=O)N2CCOCC2)c1)N1CCc2ccccc21. The molecule has 0 bridgehead atoms. The van der Waals surface area contributed by atoms with Crippen molar-refractivity contribution in [3.8, 4) is 0 Å². The Morgan fingerprint density at radius 3 is 2.56 bits per heavy atom. The van der Waals surface area contributed by atoms with E-state index in [1.54, 1.807) is 17.0 Å². The van der Waals surface area contributed by atoms with Gasteiger partial charge in [0.15, 0.2) is 0 Å². The highest BCUT2D eigenvalue weighted by atomic mass is 79.9. The van der Waals surface area contributed by atoms with E-state index in [2.05, 4.69) is 15.9 Å². The predicted octanol–water partition coefficient (Wildman–Crippen LogP) is 2.67. The first kappa shape index (κ1) is 18.6. The molecule has 2 aliphatic rings. The van der Waals surface area contributed by atoms with Crippen LogP contribution in [0.5, 0.6) is 0 Å². The summed E-state index contributed by atoms with van der Waals surface area (Å²) >= 11 is 3.33. The maximum Gasteiger partial charge on any atom is 0.258 e. The number of hydrogen-bond acceptors (Lipinski definition) is 4. The minimum absolute atomic E-state index is 0.114. The quantitative estimate of drug-likeness (QED) is 0.720. The molecule has 1 saturated heterocycles. The van der Waals surface area contributed by atoms with Crippen molar-refractivity contribution in [2.45, 2.75) is 11.3 Å². The van der Waals surface area contributed by atoms with Gasteiger partial charge in [-0.3, -0.25) is 4.79 Å². The van der Waals surface area contributed by atoms with E-state index in [9.17, 15) is 13.2 Å². The maximum atomic E-state index is 13.1. The third-order valence-electron chi connectivity index (χ3n) is 4.90. The first-order valence-corrected chi connectivity index (χ1v) is 11.0. The zero-order valence-electron chi connectivity index (χ0n) is 14.6. The molecule has 27 heavy (non-hydrogen) atoms. The number of para-hydroxylation sites is 1. The van der Waals surface area contributed by atoms with Crippen LogP contribution in [0.4, 0.5) is 5.69 Å². The van der Waals surface area contributed by atoms with Crippen molar-refractivity contribution in [2.24, 2.45) is 0 Å². The molecule has 2 heterocycles. The Hall–Kier alpha value is -1.74. The molecular weight excluding hydrogens is 432 g/mol. The molecule has 0 unspecified atom stereocenters. The van der Waals surface area contributed by atoms with Crippen LogP contribution in [0.3, 0.4) is 0 Å². The summed E-state index contributed by atoms with van der Waals surface area (Å²) in [5.41, 5.74) is 2.38. The van der Waals surface area contributed by atoms with Crippen LogP contribution in [0.25, 0.3) is 0 Å². The minimum atomic E-state index is -3.70. The molecule has 6 nitrogen and oxygen atoms in total. The number of rotatable bonds is 3. The van der Waals surface area contributed by atoms with Gasteiger partial charge in [0.25, 0.3) is 5.91 Å². The van der Waals surface area contributed by atoms with Gasteiger partial charge in [0, 0.05) is 35.4 Å². The number of carbonyl (C=O) groups excluding carboxylic acids is 1. The molecule has 142 valence electrons. The Labute approximate surface area is 166 Å². The van der Waals surface area contributed by atoms with Crippen molar-refractivity contribution in [2.75, 3.05) is 37.7 Å². The molecule has 0 saturated carbocycles. The van der Waals surface area contributed by atoms with Gasteiger partial charge < -0.3 is 9.64 Å². The molecule has 8 heteroatoms. The van der Waals surface area contributed by atoms with E-state index < -0.39 is 10.0 Å². The number of morpholine rings is 1. The lowest BCUT2D eigenvalue weighted by molar-refractivity contribution is 0.0730. The molecule has 0 radical (unpaired) electrons. The van der Waals surface area contributed by atoms with Gasteiger partial charge in [-0.15, -0.1) is 0 Å². The van der Waals surface area contributed by atoms with Crippen LogP contribution in [-0.4, -0.2) is 51.5 Å². The summed E-state index contributed by atoms with van der Waals surface area (Å²) in [6.45, 7) is 1.97. The Balaban J connectivity index is 1.68. The van der Waals surface area contributed by atoms with Crippen LogP contribution < -0.4 is 4.90 Å². The molecule has 0 atom stereocenters. The molecule has 4 rings (SSSR count). The minimum Gasteiger partial charge on any atom is -0.379 e. The summed E-state index contributed by atoms with van der Waals surface area (Å²) in [6, 6.07) is 12.6. The van der Waals surface area contributed by atoms with Gasteiger partial charge in [-0.25, -0.2) is 8.42 Å². The average Bonchev–Trinajstić information content (AvgIpc) is 3.12. The average molecular weight is 451 g/mol. The Kier molecular flexibility index (Phi) is 5.07. The smallest absolute Gasteiger partial charge is 0.258 e. The van der Waals surface area contributed by atoms with Crippen molar-refractivity contribution >= 4 is 37.5 Å². The van der Waals surface area contributed by atoms with E-state index in [1.165, 1.54) is 10.4 Å². The van der Waals surface area contributed by atoms with E-state index in [0.717, 1.165) is 17.7 Å². The van der Waals surface area contributed by atoms with Gasteiger partial charge in [-0.1, -0.05) is 18.2 Å². The zero-order valence-corrected chi connectivity index (χ0v) is 17.0. The molecule has 1 amide bonds. The second-order valence-electron chi connectivity index (χ2n) is 6.50. The van der Waals surface area contributed by atoms with E-state index in [1.807, 2.05) is 24.3 Å². The Morgan fingerprint density at radius 1 is 1.04 bits per heavy atom. The zero-order chi connectivity index (χ0) is 19.0. The van der Waals surface area contributed by atoms with Crippen LogP contribution in [0.2, 0.25) is 0 Å². The van der Waals surface area contributed by atoms with E-state index >= 15 is 0 Å². The second kappa shape index (κ2) is 7.35. The molecule has 0 spiro atoms. The van der Waals surface area contributed by atoms with Gasteiger partial charge >= 0.3 is 0 Å². The lowest BCUT2D eigenvalue weighted by Crippen LogP contribution is -2.40.